The molecule has 1 N–H and O–H groups in total. The summed E-state index contributed by atoms with van der Waals surface area (Å²) in [4.78, 5) is 5.18. The summed E-state index contributed by atoms with van der Waals surface area (Å²) in [6.07, 6.45) is 4.28. The predicted octanol–water partition coefficient (Wildman–Crippen LogP) is 0.764. The fraction of sp³-hybridized carbons (Fsp3) is 1.00. The maximum atomic E-state index is 3.41. The van der Waals surface area contributed by atoms with Crippen molar-refractivity contribution in [2.75, 3.05) is 39.8 Å². The van der Waals surface area contributed by atoms with Gasteiger partial charge < -0.3 is 10.2 Å². The minimum Gasteiger partial charge on any atom is -0.314 e. The van der Waals surface area contributed by atoms with Gasteiger partial charge in [0.25, 0.3) is 0 Å². The molecular weight excluding hydrogens is 186 g/mol. The van der Waals surface area contributed by atoms with Gasteiger partial charge in [-0.05, 0) is 26.8 Å². The fourth-order valence-electron chi connectivity index (χ4n) is 2.63. The van der Waals surface area contributed by atoms with E-state index in [1.54, 1.807) is 0 Å². The Hall–Kier alpha value is -0.120. The van der Waals surface area contributed by atoms with E-state index in [9.17, 15) is 0 Å². The standard InChI is InChI=1S/C12H25N3/c1-11(15-8-6-13-7-9-15)10-14(2)12-4-3-5-12/h11-13H,3-10H2,1-2H3. The molecule has 3 heteroatoms. The molecule has 1 unspecified atom stereocenters. The second-order valence-electron chi connectivity index (χ2n) is 5.16. The molecule has 3 nitrogen and oxygen atoms in total. The van der Waals surface area contributed by atoms with Crippen molar-refractivity contribution in [1.82, 2.24) is 15.1 Å². The van der Waals surface area contributed by atoms with Crippen molar-refractivity contribution in [1.29, 1.82) is 0 Å². The van der Waals surface area contributed by atoms with E-state index in [1.165, 1.54) is 38.9 Å². The van der Waals surface area contributed by atoms with Crippen molar-refractivity contribution >= 4 is 0 Å². The molecule has 1 atom stereocenters. The van der Waals surface area contributed by atoms with Crippen LogP contribution in [0, 0.1) is 0 Å². The minimum absolute atomic E-state index is 0.720. The first-order valence-corrected chi connectivity index (χ1v) is 6.42. The molecule has 0 radical (unpaired) electrons. The lowest BCUT2D eigenvalue weighted by molar-refractivity contribution is 0.0977. The summed E-state index contributed by atoms with van der Waals surface area (Å²) in [6.45, 7) is 8.39. The summed E-state index contributed by atoms with van der Waals surface area (Å²) in [5.74, 6) is 0. The maximum Gasteiger partial charge on any atom is 0.0195 e. The van der Waals surface area contributed by atoms with E-state index in [-0.39, 0.29) is 0 Å². The summed E-state index contributed by atoms with van der Waals surface area (Å²) in [6, 6.07) is 1.60. The second kappa shape index (κ2) is 5.28. The van der Waals surface area contributed by atoms with Crippen molar-refractivity contribution in [2.24, 2.45) is 0 Å². The first-order chi connectivity index (χ1) is 7.27. The van der Waals surface area contributed by atoms with Crippen LogP contribution in [0.1, 0.15) is 26.2 Å². The van der Waals surface area contributed by atoms with Crippen LogP contribution in [0.2, 0.25) is 0 Å². The van der Waals surface area contributed by atoms with Gasteiger partial charge in [0, 0.05) is 44.8 Å². The lowest BCUT2D eigenvalue weighted by Crippen LogP contribution is -2.52. The molecule has 2 fully saturated rings. The zero-order chi connectivity index (χ0) is 10.7. The number of hydrogen-bond donors (Lipinski definition) is 1. The van der Waals surface area contributed by atoms with Crippen LogP contribution < -0.4 is 5.32 Å². The fourth-order valence-corrected chi connectivity index (χ4v) is 2.63. The number of hydrogen-bond acceptors (Lipinski definition) is 3. The van der Waals surface area contributed by atoms with E-state index < -0.39 is 0 Å². The topological polar surface area (TPSA) is 18.5 Å². The van der Waals surface area contributed by atoms with E-state index in [0.29, 0.717) is 0 Å². The minimum atomic E-state index is 0.720. The number of likely N-dealkylation sites (N-methyl/N-ethyl adjacent to an activating group) is 1. The van der Waals surface area contributed by atoms with Crippen LogP contribution in [0.5, 0.6) is 0 Å². The molecule has 88 valence electrons. The Kier molecular flexibility index (Phi) is 4.00. The molecule has 0 aromatic rings. The molecule has 15 heavy (non-hydrogen) atoms. The second-order valence-corrected chi connectivity index (χ2v) is 5.16. The van der Waals surface area contributed by atoms with Gasteiger partial charge in [0.05, 0.1) is 0 Å². The molecule has 0 aromatic heterocycles. The third-order valence-electron chi connectivity index (χ3n) is 4.03. The zero-order valence-corrected chi connectivity index (χ0v) is 10.2. The third kappa shape index (κ3) is 2.92. The van der Waals surface area contributed by atoms with Crippen molar-refractivity contribution in [2.45, 2.75) is 38.3 Å². The first-order valence-electron chi connectivity index (χ1n) is 6.42. The Morgan fingerprint density at radius 1 is 1.33 bits per heavy atom. The molecule has 2 aliphatic rings. The Bertz CT molecular complexity index is 185. The number of piperazine rings is 1. The zero-order valence-electron chi connectivity index (χ0n) is 10.2. The summed E-state index contributed by atoms with van der Waals surface area (Å²) in [5, 5.41) is 3.41. The Labute approximate surface area is 93.8 Å². The Morgan fingerprint density at radius 2 is 2.00 bits per heavy atom. The monoisotopic (exact) mass is 211 g/mol. The van der Waals surface area contributed by atoms with Crippen LogP contribution in [-0.2, 0) is 0 Å². The molecule has 0 amide bonds. The van der Waals surface area contributed by atoms with Gasteiger partial charge in [-0.3, -0.25) is 4.90 Å². The highest BCUT2D eigenvalue weighted by Gasteiger charge is 2.25. The first kappa shape index (κ1) is 11.4. The SMILES string of the molecule is CC(CN(C)C1CCC1)N1CCNCC1. The number of nitrogens with zero attached hydrogens (tertiary/aromatic N) is 2. The predicted molar refractivity (Wildman–Crippen MR) is 64.2 cm³/mol. The smallest absolute Gasteiger partial charge is 0.0195 e. The van der Waals surface area contributed by atoms with Crippen LogP contribution in [-0.4, -0.2) is 61.7 Å². The third-order valence-corrected chi connectivity index (χ3v) is 4.03. The molecule has 0 bridgehead atoms. The molecule has 1 saturated heterocycles. The van der Waals surface area contributed by atoms with Crippen molar-refractivity contribution in [3.63, 3.8) is 0 Å². The van der Waals surface area contributed by atoms with Gasteiger partial charge >= 0.3 is 0 Å². The molecular formula is C12H25N3. The van der Waals surface area contributed by atoms with Crippen LogP contribution >= 0.6 is 0 Å². The Morgan fingerprint density at radius 3 is 2.53 bits per heavy atom. The molecule has 1 saturated carbocycles. The van der Waals surface area contributed by atoms with Crippen LogP contribution in [0.15, 0.2) is 0 Å². The molecule has 1 heterocycles. The summed E-state index contributed by atoms with van der Waals surface area (Å²) in [5.41, 5.74) is 0. The van der Waals surface area contributed by atoms with Crippen molar-refractivity contribution in [3.8, 4) is 0 Å². The molecule has 0 spiro atoms. The van der Waals surface area contributed by atoms with E-state index in [0.717, 1.165) is 25.2 Å². The van der Waals surface area contributed by atoms with E-state index >= 15 is 0 Å². The highest BCUT2D eigenvalue weighted by Crippen LogP contribution is 2.23. The van der Waals surface area contributed by atoms with E-state index in [2.05, 4.69) is 29.1 Å². The average Bonchev–Trinajstić information content (AvgIpc) is 2.16. The van der Waals surface area contributed by atoms with Crippen LogP contribution in [0.25, 0.3) is 0 Å². The number of nitrogens with one attached hydrogen (secondary N) is 1. The molecule has 1 aliphatic carbocycles. The van der Waals surface area contributed by atoms with Gasteiger partial charge in [-0.2, -0.15) is 0 Å². The van der Waals surface area contributed by atoms with Gasteiger partial charge in [0.15, 0.2) is 0 Å². The highest BCUT2D eigenvalue weighted by atomic mass is 15.2. The lowest BCUT2D eigenvalue weighted by atomic mass is 9.91. The summed E-state index contributed by atoms with van der Waals surface area (Å²) in [7, 11) is 2.29. The molecule has 2 rings (SSSR count). The van der Waals surface area contributed by atoms with Crippen molar-refractivity contribution < 1.29 is 0 Å². The molecule has 0 aromatic carbocycles. The van der Waals surface area contributed by atoms with Crippen LogP contribution in [0.4, 0.5) is 0 Å². The van der Waals surface area contributed by atoms with Gasteiger partial charge in [0.1, 0.15) is 0 Å². The average molecular weight is 211 g/mol. The normalized spacial score (nSPS) is 26.6. The maximum absolute atomic E-state index is 3.41. The van der Waals surface area contributed by atoms with Crippen LogP contribution in [0.3, 0.4) is 0 Å². The van der Waals surface area contributed by atoms with Gasteiger partial charge in [0.2, 0.25) is 0 Å². The lowest BCUT2D eigenvalue weighted by Gasteiger charge is -2.40. The van der Waals surface area contributed by atoms with E-state index in [4.69, 9.17) is 0 Å². The van der Waals surface area contributed by atoms with Crippen molar-refractivity contribution in [3.05, 3.63) is 0 Å². The summed E-state index contributed by atoms with van der Waals surface area (Å²) < 4.78 is 0. The summed E-state index contributed by atoms with van der Waals surface area (Å²) >= 11 is 0. The quantitative estimate of drug-likeness (QED) is 0.741. The van der Waals surface area contributed by atoms with E-state index in [1.807, 2.05) is 0 Å². The van der Waals surface area contributed by atoms with Gasteiger partial charge in [-0.1, -0.05) is 6.42 Å². The van der Waals surface area contributed by atoms with Gasteiger partial charge in [-0.15, -0.1) is 0 Å². The highest BCUT2D eigenvalue weighted by molar-refractivity contribution is 4.82. The number of rotatable bonds is 4. The van der Waals surface area contributed by atoms with Gasteiger partial charge in [-0.25, -0.2) is 0 Å². The molecule has 1 aliphatic heterocycles. The largest absolute Gasteiger partial charge is 0.314 e. The Balaban J connectivity index is 1.72.